The third kappa shape index (κ3) is 6.28. The Bertz CT molecular complexity index is 567. The summed E-state index contributed by atoms with van der Waals surface area (Å²) in [5, 5.41) is 6.64. The van der Waals surface area contributed by atoms with Crippen LogP contribution in [-0.4, -0.2) is 69.4 Å². The molecular weight excluding hydrogens is 443 g/mol. The van der Waals surface area contributed by atoms with Crippen molar-refractivity contribution in [3.05, 3.63) is 29.8 Å². The lowest BCUT2D eigenvalue weighted by Gasteiger charge is -2.35. The molecule has 2 heterocycles. The topological polar surface area (TPSA) is 58.1 Å². The number of hydrogen-bond acceptors (Lipinski definition) is 4. The predicted octanol–water partition coefficient (Wildman–Crippen LogP) is 2.02. The molecule has 0 saturated carbocycles. The summed E-state index contributed by atoms with van der Waals surface area (Å²) in [7, 11) is 1.79. The number of benzene rings is 1. The number of morpholine rings is 1. The Morgan fingerprint density at radius 3 is 2.88 bits per heavy atom. The number of aliphatic imine (C=N–C) groups is 1. The molecule has 0 spiro atoms. The number of guanidine groups is 1. The van der Waals surface area contributed by atoms with Gasteiger partial charge in [-0.15, -0.1) is 24.0 Å². The Balaban J connectivity index is 0.00000243. The smallest absolute Gasteiger partial charge is 0.191 e. The molecule has 7 heteroatoms. The van der Waals surface area contributed by atoms with E-state index in [0.717, 1.165) is 31.4 Å². The minimum Gasteiger partial charge on any atom is -0.492 e. The number of rotatable bonds is 6. The molecule has 2 aliphatic heterocycles. The summed E-state index contributed by atoms with van der Waals surface area (Å²) in [6.07, 6.45) is 2.82. The van der Waals surface area contributed by atoms with Crippen LogP contribution in [-0.2, 0) is 4.74 Å². The van der Waals surface area contributed by atoms with Crippen LogP contribution < -0.4 is 15.4 Å². The summed E-state index contributed by atoms with van der Waals surface area (Å²) in [5.74, 6) is 1.69. The zero-order valence-corrected chi connectivity index (χ0v) is 18.1. The van der Waals surface area contributed by atoms with Gasteiger partial charge in [0.25, 0.3) is 0 Å². The van der Waals surface area contributed by atoms with Crippen LogP contribution in [0.3, 0.4) is 0 Å². The number of nitrogens with one attached hydrogen (secondary N) is 2. The van der Waals surface area contributed by atoms with Crippen molar-refractivity contribution in [1.82, 2.24) is 15.5 Å². The van der Waals surface area contributed by atoms with E-state index in [4.69, 9.17) is 9.47 Å². The molecule has 2 atom stereocenters. The molecule has 2 aliphatic rings. The third-order valence-corrected chi connectivity index (χ3v) is 4.87. The zero-order chi connectivity index (χ0) is 17.5. The van der Waals surface area contributed by atoms with Crippen LogP contribution in [0.4, 0.5) is 0 Å². The van der Waals surface area contributed by atoms with Crippen molar-refractivity contribution >= 4 is 29.9 Å². The first-order chi connectivity index (χ1) is 12.2. The zero-order valence-electron chi connectivity index (χ0n) is 15.7. The van der Waals surface area contributed by atoms with Gasteiger partial charge in [0.1, 0.15) is 12.4 Å². The highest BCUT2D eigenvalue weighted by Crippen LogP contribution is 2.22. The van der Waals surface area contributed by atoms with Crippen molar-refractivity contribution in [3.63, 3.8) is 0 Å². The second kappa shape index (κ2) is 10.9. The van der Waals surface area contributed by atoms with E-state index in [1.54, 1.807) is 7.05 Å². The lowest BCUT2D eigenvalue weighted by molar-refractivity contribution is -0.0453. The standard InChI is InChI=1S/C19H30N4O2.HI/c1-15-5-7-17(8-6-15)24-11-9-21-19(20-2)22-12-18-13-23-10-3-4-16(23)14-25-18;/h5-8,16,18H,3-4,9-14H2,1-2H3,(H2,20,21,22);1H. The minimum atomic E-state index is 0. The number of aryl methyl sites for hydroxylation is 1. The fourth-order valence-electron chi connectivity index (χ4n) is 3.41. The van der Waals surface area contributed by atoms with Crippen LogP contribution in [0.5, 0.6) is 5.75 Å². The number of ether oxygens (including phenoxy) is 2. The van der Waals surface area contributed by atoms with Gasteiger partial charge in [-0.3, -0.25) is 9.89 Å². The monoisotopic (exact) mass is 474 g/mol. The maximum atomic E-state index is 5.97. The van der Waals surface area contributed by atoms with E-state index in [-0.39, 0.29) is 30.1 Å². The molecule has 3 rings (SSSR count). The summed E-state index contributed by atoms with van der Waals surface area (Å²) >= 11 is 0. The van der Waals surface area contributed by atoms with E-state index in [2.05, 4.69) is 39.6 Å². The molecule has 2 unspecified atom stereocenters. The van der Waals surface area contributed by atoms with Gasteiger partial charge in [-0.05, 0) is 38.4 Å². The van der Waals surface area contributed by atoms with Gasteiger partial charge in [-0.1, -0.05) is 17.7 Å². The number of nitrogens with zero attached hydrogens (tertiary/aromatic N) is 2. The average molecular weight is 474 g/mol. The maximum Gasteiger partial charge on any atom is 0.191 e. The number of halogens is 1. The molecule has 0 aliphatic carbocycles. The molecule has 0 aromatic heterocycles. The van der Waals surface area contributed by atoms with Crippen molar-refractivity contribution in [2.45, 2.75) is 31.9 Å². The van der Waals surface area contributed by atoms with E-state index >= 15 is 0 Å². The van der Waals surface area contributed by atoms with Gasteiger partial charge in [0.2, 0.25) is 0 Å². The molecule has 2 fully saturated rings. The lowest BCUT2D eigenvalue weighted by atomic mass is 10.2. The SMILES string of the molecule is CN=C(NCCOc1ccc(C)cc1)NCC1CN2CCCC2CO1.I. The van der Waals surface area contributed by atoms with E-state index in [1.807, 2.05) is 12.1 Å². The van der Waals surface area contributed by atoms with Crippen molar-refractivity contribution < 1.29 is 9.47 Å². The number of hydrogen-bond donors (Lipinski definition) is 2. The number of fused-ring (bicyclic) bond motifs is 1. The lowest BCUT2D eigenvalue weighted by Crippen LogP contribution is -2.51. The molecular formula is C19H31IN4O2. The average Bonchev–Trinajstić information content (AvgIpc) is 3.10. The summed E-state index contributed by atoms with van der Waals surface area (Å²) in [6, 6.07) is 8.74. The van der Waals surface area contributed by atoms with Crippen molar-refractivity contribution in [2.75, 3.05) is 46.4 Å². The molecule has 0 amide bonds. The predicted molar refractivity (Wildman–Crippen MR) is 116 cm³/mol. The Kier molecular flexibility index (Phi) is 8.94. The minimum absolute atomic E-state index is 0. The van der Waals surface area contributed by atoms with Gasteiger partial charge < -0.3 is 20.1 Å². The van der Waals surface area contributed by atoms with Crippen LogP contribution in [0.25, 0.3) is 0 Å². The molecule has 0 bridgehead atoms. The van der Waals surface area contributed by atoms with Gasteiger partial charge in [0.05, 0.1) is 19.3 Å². The van der Waals surface area contributed by atoms with Crippen LogP contribution in [0.1, 0.15) is 18.4 Å². The molecule has 1 aromatic rings. The van der Waals surface area contributed by atoms with E-state index < -0.39 is 0 Å². The normalized spacial score (nSPS) is 23.1. The molecule has 26 heavy (non-hydrogen) atoms. The van der Waals surface area contributed by atoms with Crippen LogP contribution >= 0.6 is 24.0 Å². The highest BCUT2D eigenvalue weighted by atomic mass is 127. The van der Waals surface area contributed by atoms with Gasteiger partial charge in [0, 0.05) is 26.2 Å². The summed E-state index contributed by atoms with van der Waals surface area (Å²) in [6.45, 7) is 7.25. The molecule has 146 valence electrons. The Hall–Kier alpha value is -1.06. The third-order valence-electron chi connectivity index (χ3n) is 4.87. The highest BCUT2D eigenvalue weighted by Gasteiger charge is 2.32. The molecule has 1 aromatic carbocycles. The largest absolute Gasteiger partial charge is 0.492 e. The van der Waals surface area contributed by atoms with Gasteiger partial charge >= 0.3 is 0 Å². The van der Waals surface area contributed by atoms with E-state index in [9.17, 15) is 0 Å². The van der Waals surface area contributed by atoms with Gasteiger partial charge in [-0.2, -0.15) is 0 Å². The molecule has 2 saturated heterocycles. The van der Waals surface area contributed by atoms with Crippen LogP contribution in [0.2, 0.25) is 0 Å². The first kappa shape index (κ1) is 21.2. The first-order valence-electron chi connectivity index (χ1n) is 9.24. The Morgan fingerprint density at radius 1 is 1.31 bits per heavy atom. The van der Waals surface area contributed by atoms with E-state index in [1.165, 1.54) is 24.9 Å². The van der Waals surface area contributed by atoms with Gasteiger partial charge in [0.15, 0.2) is 5.96 Å². The van der Waals surface area contributed by atoms with Crippen molar-refractivity contribution in [1.29, 1.82) is 0 Å². The second-order valence-electron chi connectivity index (χ2n) is 6.79. The van der Waals surface area contributed by atoms with Crippen LogP contribution in [0, 0.1) is 6.92 Å². The molecule has 2 N–H and O–H groups in total. The highest BCUT2D eigenvalue weighted by molar-refractivity contribution is 14.0. The fourth-order valence-corrected chi connectivity index (χ4v) is 3.41. The maximum absolute atomic E-state index is 5.97. The Morgan fingerprint density at radius 2 is 2.12 bits per heavy atom. The Labute approximate surface area is 173 Å². The van der Waals surface area contributed by atoms with Gasteiger partial charge in [-0.25, -0.2) is 0 Å². The summed E-state index contributed by atoms with van der Waals surface area (Å²) < 4.78 is 11.7. The summed E-state index contributed by atoms with van der Waals surface area (Å²) in [4.78, 5) is 6.82. The van der Waals surface area contributed by atoms with Crippen molar-refractivity contribution in [3.8, 4) is 5.75 Å². The van der Waals surface area contributed by atoms with E-state index in [0.29, 0.717) is 19.2 Å². The first-order valence-corrected chi connectivity index (χ1v) is 9.24. The summed E-state index contributed by atoms with van der Waals surface area (Å²) in [5.41, 5.74) is 1.24. The van der Waals surface area contributed by atoms with Crippen LogP contribution in [0.15, 0.2) is 29.3 Å². The molecule has 0 radical (unpaired) electrons. The molecule has 6 nitrogen and oxygen atoms in total. The quantitative estimate of drug-likeness (QED) is 0.286. The fraction of sp³-hybridized carbons (Fsp3) is 0.632. The second-order valence-corrected chi connectivity index (χ2v) is 6.79. The van der Waals surface area contributed by atoms with Crippen molar-refractivity contribution in [2.24, 2.45) is 4.99 Å².